The second-order valence-electron chi connectivity index (χ2n) is 8.87. The van der Waals surface area contributed by atoms with E-state index in [2.05, 4.69) is 16.3 Å². The van der Waals surface area contributed by atoms with E-state index < -0.39 is 10.0 Å². The van der Waals surface area contributed by atoms with E-state index in [9.17, 15) is 13.2 Å². The van der Waals surface area contributed by atoms with Crippen LogP contribution in [0.4, 0.5) is 5.69 Å². The lowest BCUT2D eigenvalue weighted by molar-refractivity contribution is -0.116. The lowest BCUT2D eigenvalue weighted by Crippen LogP contribution is -2.33. The van der Waals surface area contributed by atoms with Crippen LogP contribution in [0.5, 0.6) is 0 Å². The van der Waals surface area contributed by atoms with E-state index in [1.54, 1.807) is 29.2 Å². The third-order valence-corrected chi connectivity index (χ3v) is 8.63. The number of amides is 1. The zero-order chi connectivity index (χ0) is 28.0. The fraction of sp³-hybridized carbons (Fsp3) is 0.214. The summed E-state index contributed by atoms with van der Waals surface area (Å²) in [5, 5.41) is 18.4. The summed E-state index contributed by atoms with van der Waals surface area (Å²) in [5.41, 5.74) is 3.10. The van der Waals surface area contributed by atoms with Gasteiger partial charge in [-0.3, -0.25) is 9.36 Å². The second kappa shape index (κ2) is 12.3. The summed E-state index contributed by atoms with van der Waals surface area (Å²) in [6.45, 7) is 2.25. The summed E-state index contributed by atoms with van der Waals surface area (Å²) in [6.07, 6.45) is 0.209. The summed E-state index contributed by atoms with van der Waals surface area (Å²) in [7, 11) is -0.683. The minimum Gasteiger partial charge on any atom is -0.311 e. The number of aryl methyl sites for hydroxylation is 1. The Morgan fingerprint density at radius 1 is 1.00 bits per heavy atom. The van der Waals surface area contributed by atoms with E-state index in [1.165, 1.54) is 25.9 Å². The van der Waals surface area contributed by atoms with Gasteiger partial charge in [-0.2, -0.15) is 5.26 Å². The van der Waals surface area contributed by atoms with Crippen molar-refractivity contribution in [1.82, 2.24) is 19.1 Å². The molecule has 0 aliphatic carbocycles. The van der Waals surface area contributed by atoms with Crippen molar-refractivity contribution in [2.75, 3.05) is 31.3 Å². The zero-order valence-corrected chi connectivity index (χ0v) is 23.5. The van der Waals surface area contributed by atoms with Crippen molar-refractivity contribution >= 4 is 33.4 Å². The molecule has 0 saturated heterocycles. The molecule has 0 aliphatic heterocycles. The Bertz CT molecular complexity index is 1610. The van der Waals surface area contributed by atoms with Crippen molar-refractivity contribution in [2.45, 2.75) is 23.4 Å². The second-order valence-corrected chi connectivity index (χ2v) is 12.0. The number of rotatable bonds is 10. The van der Waals surface area contributed by atoms with Gasteiger partial charge in [-0.1, -0.05) is 54.2 Å². The highest BCUT2D eigenvalue weighted by atomic mass is 32.2. The van der Waals surface area contributed by atoms with E-state index in [4.69, 9.17) is 5.26 Å². The molecule has 39 heavy (non-hydrogen) atoms. The number of aromatic nitrogens is 3. The van der Waals surface area contributed by atoms with Crippen molar-refractivity contribution in [2.24, 2.45) is 0 Å². The summed E-state index contributed by atoms with van der Waals surface area (Å²) < 4.78 is 28.5. The zero-order valence-electron chi connectivity index (χ0n) is 21.9. The van der Waals surface area contributed by atoms with Crippen LogP contribution in [0, 0.1) is 18.3 Å². The molecular formula is C28H28N6O3S2. The molecule has 0 aliphatic rings. The van der Waals surface area contributed by atoms with Crippen molar-refractivity contribution < 1.29 is 13.2 Å². The third-order valence-electron chi connectivity index (χ3n) is 5.90. The first-order valence-corrected chi connectivity index (χ1v) is 14.6. The molecule has 200 valence electrons. The normalized spacial score (nSPS) is 11.4. The Kier molecular flexibility index (Phi) is 8.81. The maximum Gasteiger partial charge on any atom is 0.242 e. The van der Waals surface area contributed by atoms with Crippen molar-refractivity contribution in [3.05, 3.63) is 84.4 Å². The van der Waals surface area contributed by atoms with Crippen LogP contribution in [0.25, 0.3) is 17.1 Å². The number of benzene rings is 3. The van der Waals surface area contributed by atoms with E-state index in [0.717, 1.165) is 21.2 Å². The molecule has 0 saturated carbocycles. The minimum absolute atomic E-state index is 0.0688. The molecule has 0 unspecified atom stereocenters. The number of sulfonamides is 1. The van der Waals surface area contributed by atoms with Gasteiger partial charge in [0.25, 0.3) is 0 Å². The highest BCUT2D eigenvalue weighted by Gasteiger charge is 2.23. The molecule has 11 heteroatoms. The molecule has 4 rings (SSSR count). The van der Waals surface area contributed by atoms with E-state index in [0.29, 0.717) is 16.5 Å². The van der Waals surface area contributed by atoms with Crippen LogP contribution in [0.3, 0.4) is 0 Å². The van der Waals surface area contributed by atoms with Crippen LogP contribution in [-0.2, 0) is 14.8 Å². The summed E-state index contributed by atoms with van der Waals surface area (Å²) >= 11 is 1.23. The Balaban J connectivity index is 1.71. The number of anilines is 1. The summed E-state index contributed by atoms with van der Waals surface area (Å²) in [4.78, 5) is 15.0. The lowest BCUT2D eigenvalue weighted by atomic mass is 10.2. The first-order chi connectivity index (χ1) is 18.7. The number of hydrogen-bond acceptors (Lipinski definition) is 7. The molecule has 0 bridgehead atoms. The average Bonchev–Trinajstić information content (AvgIpc) is 3.37. The summed E-state index contributed by atoms with van der Waals surface area (Å²) in [5.74, 6) is 0.357. The van der Waals surface area contributed by atoms with Gasteiger partial charge in [0.15, 0.2) is 11.0 Å². The van der Waals surface area contributed by atoms with Crippen LogP contribution in [0.2, 0.25) is 0 Å². The van der Waals surface area contributed by atoms with Crippen molar-refractivity contribution in [1.29, 1.82) is 5.26 Å². The summed E-state index contributed by atoms with van der Waals surface area (Å²) in [6, 6.07) is 25.7. The number of hydrogen-bond donors (Lipinski definition) is 0. The van der Waals surface area contributed by atoms with Gasteiger partial charge < -0.3 is 4.90 Å². The van der Waals surface area contributed by atoms with Gasteiger partial charge >= 0.3 is 0 Å². The quantitative estimate of drug-likeness (QED) is 0.262. The van der Waals surface area contributed by atoms with Gasteiger partial charge in [-0.05, 0) is 48.9 Å². The number of carbonyl (C=O) groups is 1. The van der Waals surface area contributed by atoms with Crippen molar-refractivity contribution in [3.8, 4) is 23.1 Å². The average molecular weight is 561 g/mol. The number of nitrogens with zero attached hydrogens (tertiary/aromatic N) is 6. The van der Waals surface area contributed by atoms with Crippen LogP contribution in [0.15, 0.2) is 88.9 Å². The molecule has 9 nitrogen and oxygen atoms in total. The molecule has 1 amide bonds. The first-order valence-electron chi connectivity index (χ1n) is 12.1. The predicted molar refractivity (Wildman–Crippen MR) is 152 cm³/mol. The Hall–Kier alpha value is -3.98. The fourth-order valence-electron chi connectivity index (χ4n) is 3.93. The van der Waals surface area contributed by atoms with Crippen LogP contribution in [-0.4, -0.2) is 59.8 Å². The van der Waals surface area contributed by atoms with Gasteiger partial charge in [0, 0.05) is 37.6 Å². The topological polar surface area (TPSA) is 112 Å². The molecule has 0 fully saturated rings. The van der Waals surface area contributed by atoms with Crippen LogP contribution in [0.1, 0.15) is 12.0 Å². The molecule has 1 heterocycles. The Morgan fingerprint density at radius 3 is 2.44 bits per heavy atom. The molecule has 0 atom stereocenters. The molecule has 0 N–H and O–H groups in total. The van der Waals surface area contributed by atoms with Crippen molar-refractivity contribution in [3.63, 3.8) is 0 Å². The van der Waals surface area contributed by atoms with Gasteiger partial charge in [-0.25, -0.2) is 12.7 Å². The lowest BCUT2D eigenvalue weighted by Gasteiger charge is -2.21. The highest BCUT2D eigenvalue weighted by molar-refractivity contribution is 7.99. The standard InChI is InChI=1S/C28H28N6O3S2/c1-21-10-7-14-24(18-21)34-27(22-11-8-15-25(19-22)39(36,37)32(2)3)30-31-28(34)38-20-26(35)33(17-9-16-29)23-12-5-4-6-13-23/h4-8,10-15,18-19H,9,17,20H2,1-3H3. The number of carbonyl (C=O) groups excluding carboxylic acids is 1. The molecule has 0 spiro atoms. The largest absolute Gasteiger partial charge is 0.311 e. The monoisotopic (exact) mass is 560 g/mol. The van der Waals surface area contributed by atoms with Crippen LogP contribution < -0.4 is 4.90 Å². The number of thioether (sulfide) groups is 1. The van der Waals surface area contributed by atoms with E-state index >= 15 is 0 Å². The van der Waals surface area contributed by atoms with E-state index in [1.807, 2.05) is 66.1 Å². The third kappa shape index (κ3) is 6.37. The van der Waals surface area contributed by atoms with Gasteiger partial charge in [0.1, 0.15) is 0 Å². The van der Waals surface area contributed by atoms with Gasteiger partial charge in [0.05, 0.1) is 23.1 Å². The molecule has 4 aromatic rings. The smallest absolute Gasteiger partial charge is 0.242 e. The first kappa shape index (κ1) is 28.0. The maximum absolute atomic E-state index is 13.3. The van der Waals surface area contributed by atoms with E-state index in [-0.39, 0.29) is 29.5 Å². The minimum atomic E-state index is -3.65. The molecule has 3 aromatic carbocycles. The number of nitriles is 1. The number of para-hydroxylation sites is 1. The fourth-order valence-corrected chi connectivity index (χ4v) is 5.70. The van der Waals surface area contributed by atoms with Gasteiger partial charge in [-0.15, -0.1) is 10.2 Å². The highest BCUT2D eigenvalue weighted by Crippen LogP contribution is 2.30. The van der Waals surface area contributed by atoms with Crippen LogP contribution >= 0.6 is 11.8 Å². The molecule has 0 radical (unpaired) electrons. The predicted octanol–water partition coefficient (Wildman–Crippen LogP) is 4.53. The maximum atomic E-state index is 13.3. The Morgan fingerprint density at radius 2 is 1.74 bits per heavy atom. The Labute approximate surface area is 232 Å². The molecule has 1 aromatic heterocycles. The SMILES string of the molecule is Cc1cccc(-n2c(SCC(=O)N(CCC#N)c3ccccc3)nnc2-c2cccc(S(=O)(=O)N(C)C)c2)c1. The van der Waals surface area contributed by atoms with Gasteiger partial charge in [0.2, 0.25) is 15.9 Å². The molecular weight excluding hydrogens is 532 g/mol.